The molecule has 0 spiro atoms. The molecule has 8 unspecified atom stereocenters. The minimum absolute atomic E-state index is 0. The number of aromatic nitrogens is 1. The van der Waals surface area contributed by atoms with Crippen LogP contribution >= 0.6 is 0 Å². The molecule has 4 rings (SSSR count). The number of hydrogen-bond acceptors (Lipinski definition) is 4. The van der Waals surface area contributed by atoms with Crippen molar-refractivity contribution in [3.63, 3.8) is 0 Å². The standard InChI is InChI=1S/C29H39NO4.Na/c1-4-20(28-18(2)13-16-25(34-28)19(3)29(32)33)8-5-10-22-15-14-21-9-6-11-23(21)26(22)27(31)24-12-7-17-30-24;/h5,7-8,10,12,14-15,17-19,21-23,25-26,28,30H,4,6,9,11,13,16H2,1-3H3,(H,32,33);/q;+1/p-1/b10-5+,20-8+;. The van der Waals surface area contributed by atoms with Gasteiger partial charge in [-0.05, 0) is 67.6 Å². The molecular weight excluding hydrogens is 449 g/mol. The first-order chi connectivity index (χ1) is 16.4. The number of Topliss-reactive ketones (excluding diaryl/α,β-unsaturated/α-hetero) is 1. The van der Waals surface area contributed by atoms with Crippen molar-refractivity contribution in [3.05, 3.63) is 60.0 Å². The molecule has 1 aliphatic heterocycles. The third-order valence-electron chi connectivity index (χ3n) is 8.34. The van der Waals surface area contributed by atoms with Crippen molar-refractivity contribution in [1.82, 2.24) is 4.98 Å². The first-order valence-corrected chi connectivity index (χ1v) is 13.0. The molecule has 8 atom stereocenters. The van der Waals surface area contributed by atoms with Crippen molar-refractivity contribution in [2.24, 2.45) is 35.5 Å². The first-order valence-electron chi connectivity index (χ1n) is 13.0. The quantitative estimate of drug-likeness (QED) is 0.263. The van der Waals surface area contributed by atoms with Crippen LogP contribution in [0.5, 0.6) is 0 Å². The summed E-state index contributed by atoms with van der Waals surface area (Å²) in [5.74, 6) is -0.176. The minimum Gasteiger partial charge on any atom is -0.550 e. The summed E-state index contributed by atoms with van der Waals surface area (Å²) in [4.78, 5) is 27.9. The van der Waals surface area contributed by atoms with Crippen LogP contribution in [0.4, 0.5) is 0 Å². The van der Waals surface area contributed by atoms with E-state index >= 15 is 0 Å². The van der Waals surface area contributed by atoms with Crippen LogP contribution in [0.25, 0.3) is 0 Å². The number of carboxylic acids is 1. The van der Waals surface area contributed by atoms with Gasteiger partial charge in [0.25, 0.3) is 0 Å². The van der Waals surface area contributed by atoms with Gasteiger partial charge in [-0.1, -0.05) is 57.6 Å². The summed E-state index contributed by atoms with van der Waals surface area (Å²) in [5.41, 5.74) is 1.87. The Kier molecular flexibility index (Phi) is 10.2. The number of carbonyl (C=O) groups excluding carboxylic acids is 2. The van der Waals surface area contributed by atoms with Gasteiger partial charge in [-0.3, -0.25) is 4.79 Å². The summed E-state index contributed by atoms with van der Waals surface area (Å²) in [6.45, 7) is 5.96. The Morgan fingerprint density at radius 1 is 1.23 bits per heavy atom. The van der Waals surface area contributed by atoms with Crippen LogP contribution in [0.1, 0.15) is 69.8 Å². The van der Waals surface area contributed by atoms with Gasteiger partial charge in [0.2, 0.25) is 0 Å². The number of fused-ring (bicyclic) bond motifs is 1. The first kappa shape index (κ1) is 28.2. The summed E-state index contributed by atoms with van der Waals surface area (Å²) in [7, 11) is 0. The maximum absolute atomic E-state index is 13.4. The average Bonchev–Trinajstić information content (AvgIpc) is 3.53. The van der Waals surface area contributed by atoms with E-state index in [0.717, 1.165) is 25.7 Å². The zero-order valence-electron chi connectivity index (χ0n) is 21.6. The summed E-state index contributed by atoms with van der Waals surface area (Å²) >= 11 is 0. The second kappa shape index (κ2) is 12.7. The molecule has 1 saturated carbocycles. The third-order valence-corrected chi connectivity index (χ3v) is 8.34. The molecule has 2 fully saturated rings. The molecule has 2 aliphatic carbocycles. The summed E-state index contributed by atoms with van der Waals surface area (Å²) in [5, 5.41) is 11.4. The monoisotopic (exact) mass is 487 g/mol. The summed E-state index contributed by atoms with van der Waals surface area (Å²) < 4.78 is 6.29. The van der Waals surface area contributed by atoms with Gasteiger partial charge in [-0.2, -0.15) is 0 Å². The van der Waals surface area contributed by atoms with E-state index in [-0.39, 0.29) is 59.4 Å². The molecule has 1 saturated heterocycles. The van der Waals surface area contributed by atoms with Crippen molar-refractivity contribution < 1.29 is 49.0 Å². The maximum atomic E-state index is 13.4. The van der Waals surface area contributed by atoms with Crippen LogP contribution in [0.3, 0.4) is 0 Å². The Hall–Kier alpha value is -1.40. The molecule has 0 amide bonds. The molecule has 35 heavy (non-hydrogen) atoms. The molecule has 6 heteroatoms. The molecular formula is C29H38NNaO4. The molecule has 3 aliphatic rings. The van der Waals surface area contributed by atoms with E-state index in [4.69, 9.17) is 4.74 Å². The molecule has 1 aromatic heterocycles. The van der Waals surface area contributed by atoms with E-state index in [2.05, 4.69) is 49.2 Å². The number of aromatic amines is 1. The minimum atomic E-state index is -1.05. The van der Waals surface area contributed by atoms with Gasteiger partial charge in [0, 0.05) is 29.9 Å². The molecule has 0 radical (unpaired) electrons. The Labute approximate surface area is 231 Å². The number of ether oxygens (including phenoxy) is 1. The largest absolute Gasteiger partial charge is 1.00 e. The smallest absolute Gasteiger partial charge is 0.550 e. The normalized spacial score (nSPS) is 33.8. The van der Waals surface area contributed by atoms with E-state index < -0.39 is 11.9 Å². The number of rotatable bonds is 8. The summed E-state index contributed by atoms with van der Waals surface area (Å²) in [6, 6.07) is 3.77. The van der Waals surface area contributed by atoms with E-state index in [1.807, 2.05) is 18.3 Å². The molecule has 0 aromatic carbocycles. The molecule has 5 nitrogen and oxygen atoms in total. The number of allylic oxidation sites excluding steroid dienone is 5. The van der Waals surface area contributed by atoms with Crippen LogP contribution in [0.2, 0.25) is 0 Å². The second-order valence-corrected chi connectivity index (χ2v) is 10.4. The van der Waals surface area contributed by atoms with E-state index in [9.17, 15) is 14.7 Å². The van der Waals surface area contributed by atoms with Crippen LogP contribution in [0, 0.1) is 35.5 Å². The SMILES string of the molecule is CC/C(=C\C=C\C1C=CC2CCCC2C1C(=O)c1ccc[nH]1)C1OC(C(C)C(=O)[O-])CCC1C.[Na+]. The Morgan fingerprint density at radius 3 is 2.71 bits per heavy atom. The molecule has 2 heterocycles. The van der Waals surface area contributed by atoms with Crippen molar-refractivity contribution >= 4 is 11.8 Å². The van der Waals surface area contributed by atoms with Crippen LogP contribution < -0.4 is 34.7 Å². The Balaban J connectivity index is 0.00000342. The van der Waals surface area contributed by atoms with E-state index in [0.29, 0.717) is 23.4 Å². The van der Waals surface area contributed by atoms with Gasteiger partial charge in [0.15, 0.2) is 5.78 Å². The van der Waals surface area contributed by atoms with Gasteiger partial charge >= 0.3 is 29.6 Å². The number of aliphatic carboxylic acids is 1. The van der Waals surface area contributed by atoms with Gasteiger partial charge in [0.1, 0.15) is 0 Å². The Morgan fingerprint density at radius 2 is 2.03 bits per heavy atom. The number of carbonyl (C=O) groups is 2. The number of hydrogen-bond donors (Lipinski definition) is 1. The van der Waals surface area contributed by atoms with E-state index in [1.54, 1.807) is 6.92 Å². The maximum Gasteiger partial charge on any atom is 1.00 e. The number of ketones is 1. The Bertz CT molecular complexity index is 950. The summed E-state index contributed by atoms with van der Waals surface area (Å²) in [6.07, 6.45) is 18.3. The number of carboxylic acid groups (broad SMARTS) is 1. The van der Waals surface area contributed by atoms with Gasteiger partial charge < -0.3 is 19.6 Å². The third kappa shape index (κ3) is 6.30. The van der Waals surface area contributed by atoms with Crippen LogP contribution in [-0.2, 0) is 9.53 Å². The molecule has 1 N–H and O–H groups in total. The van der Waals surface area contributed by atoms with Crippen molar-refractivity contribution in [2.75, 3.05) is 0 Å². The molecule has 184 valence electrons. The fourth-order valence-corrected chi connectivity index (χ4v) is 6.26. The molecule has 0 bridgehead atoms. The zero-order valence-corrected chi connectivity index (χ0v) is 23.6. The predicted molar refractivity (Wildman–Crippen MR) is 131 cm³/mol. The van der Waals surface area contributed by atoms with Crippen molar-refractivity contribution in [1.29, 1.82) is 0 Å². The van der Waals surface area contributed by atoms with Crippen molar-refractivity contribution in [3.8, 4) is 0 Å². The topological polar surface area (TPSA) is 82.2 Å². The number of H-pyrrole nitrogens is 1. The second-order valence-electron chi connectivity index (χ2n) is 10.4. The van der Waals surface area contributed by atoms with Crippen LogP contribution in [0.15, 0.2) is 54.3 Å². The van der Waals surface area contributed by atoms with Crippen LogP contribution in [-0.4, -0.2) is 28.9 Å². The molecule has 1 aromatic rings. The average molecular weight is 488 g/mol. The van der Waals surface area contributed by atoms with Gasteiger partial charge in [-0.15, -0.1) is 0 Å². The van der Waals surface area contributed by atoms with E-state index in [1.165, 1.54) is 18.4 Å². The fraction of sp³-hybridized carbons (Fsp3) is 0.586. The van der Waals surface area contributed by atoms with Gasteiger partial charge in [-0.25, -0.2) is 0 Å². The van der Waals surface area contributed by atoms with Gasteiger partial charge in [0.05, 0.1) is 17.9 Å². The fourth-order valence-electron chi connectivity index (χ4n) is 6.26. The zero-order chi connectivity index (χ0) is 24.2. The number of nitrogens with one attached hydrogen (secondary N) is 1. The predicted octanol–water partition coefficient (Wildman–Crippen LogP) is 1.88. The van der Waals surface area contributed by atoms with Crippen molar-refractivity contribution in [2.45, 2.75) is 71.5 Å².